The largest absolute Gasteiger partial charge is 0.394 e. The van der Waals surface area contributed by atoms with E-state index in [0.29, 0.717) is 6.42 Å². The zero-order valence-electron chi connectivity index (χ0n) is 11.2. The molecule has 0 heterocycles. The van der Waals surface area contributed by atoms with Crippen molar-refractivity contribution in [1.29, 1.82) is 0 Å². The molecule has 1 amide bonds. The Morgan fingerprint density at radius 2 is 2.00 bits per heavy atom. The molecule has 1 rings (SSSR count). The van der Waals surface area contributed by atoms with E-state index in [4.69, 9.17) is 4.74 Å². The van der Waals surface area contributed by atoms with Gasteiger partial charge in [-0.2, -0.15) is 0 Å². The lowest BCUT2D eigenvalue weighted by atomic mass is 9.77. The van der Waals surface area contributed by atoms with Crippen LogP contribution in [0.2, 0.25) is 0 Å². The zero-order chi connectivity index (χ0) is 12.9. The van der Waals surface area contributed by atoms with Crippen molar-refractivity contribution in [3.63, 3.8) is 0 Å². The number of carbonyl (C=O) groups excluding carboxylic acids is 1. The normalized spacial score (nSPS) is 18.6. The van der Waals surface area contributed by atoms with Crippen molar-refractivity contribution in [2.75, 3.05) is 13.7 Å². The van der Waals surface area contributed by atoms with Gasteiger partial charge in [-0.05, 0) is 32.1 Å². The molecule has 100 valence electrons. The number of amides is 1. The van der Waals surface area contributed by atoms with Crippen LogP contribution < -0.4 is 5.32 Å². The van der Waals surface area contributed by atoms with E-state index in [1.54, 1.807) is 7.11 Å². The molecule has 0 spiro atoms. The third-order valence-corrected chi connectivity index (χ3v) is 4.24. The van der Waals surface area contributed by atoms with Crippen molar-refractivity contribution in [3.8, 4) is 0 Å². The lowest BCUT2D eigenvalue weighted by Gasteiger charge is -2.41. The second kappa shape index (κ2) is 5.83. The highest BCUT2D eigenvalue weighted by atomic mass is 16.5. The average Bonchev–Trinajstić information content (AvgIpc) is 2.31. The molecule has 2 N–H and O–H groups in total. The topological polar surface area (TPSA) is 58.6 Å². The Bertz CT molecular complexity index is 244. The van der Waals surface area contributed by atoms with E-state index >= 15 is 0 Å². The molecule has 1 aliphatic carbocycles. The van der Waals surface area contributed by atoms with E-state index < -0.39 is 5.54 Å². The average molecular weight is 243 g/mol. The maximum Gasteiger partial charge on any atom is 0.223 e. The second-order valence-electron chi connectivity index (χ2n) is 5.11. The van der Waals surface area contributed by atoms with E-state index in [-0.39, 0.29) is 18.1 Å². The minimum Gasteiger partial charge on any atom is -0.394 e. The van der Waals surface area contributed by atoms with Crippen molar-refractivity contribution in [2.45, 2.75) is 63.5 Å². The first-order chi connectivity index (χ1) is 8.05. The SMILES string of the molecule is CCC(CC)(CO)NC(=O)CC1(OC)CCC1. The van der Waals surface area contributed by atoms with Crippen LogP contribution in [0.1, 0.15) is 52.4 Å². The Labute approximate surface area is 104 Å². The molecule has 4 nitrogen and oxygen atoms in total. The molecule has 0 unspecified atom stereocenters. The lowest BCUT2D eigenvalue weighted by molar-refractivity contribution is -0.136. The van der Waals surface area contributed by atoms with Crippen molar-refractivity contribution in [1.82, 2.24) is 5.32 Å². The Morgan fingerprint density at radius 1 is 1.41 bits per heavy atom. The van der Waals surface area contributed by atoms with Gasteiger partial charge in [0.15, 0.2) is 0 Å². The molecule has 17 heavy (non-hydrogen) atoms. The Hall–Kier alpha value is -0.610. The van der Waals surface area contributed by atoms with E-state index in [9.17, 15) is 9.90 Å². The molecule has 0 aromatic carbocycles. The van der Waals surface area contributed by atoms with Gasteiger partial charge in [-0.1, -0.05) is 13.8 Å². The summed E-state index contributed by atoms with van der Waals surface area (Å²) in [5.41, 5.74) is -0.706. The summed E-state index contributed by atoms with van der Waals surface area (Å²) in [4.78, 5) is 12.0. The van der Waals surface area contributed by atoms with Gasteiger partial charge in [0, 0.05) is 7.11 Å². The fraction of sp³-hybridized carbons (Fsp3) is 0.923. The third-order valence-electron chi connectivity index (χ3n) is 4.24. The van der Waals surface area contributed by atoms with Crippen molar-refractivity contribution in [3.05, 3.63) is 0 Å². The molecule has 0 aliphatic heterocycles. The molecule has 0 bridgehead atoms. The smallest absolute Gasteiger partial charge is 0.223 e. The van der Waals surface area contributed by atoms with E-state index in [1.165, 1.54) is 0 Å². The number of rotatable bonds is 7. The van der Waals surface area contributed by atoms with Crippen LogP contribution in [0.25, 0.3) is 0 Å². The molecule has 4 heteroatoms. The first-order valence-corrected chi connectivity index (χ1v) is 6.52. The second-order valence-corrected chi connectivity index (χ2v) is 5.11. The minimum atomic E-state index is -0.463. The molecule has 0 saturated heterocycles. The van der Waals surface area contributed by atoms with Crippen LogP contribution in [0, 0.1) is 0 Å². The first kappa shape index (κ1) is 14.5. The fourth-order valence-corrected chi connectivity index (χ4v) is 2.35. The maximum absolute atomic E-state index is 12.0. The summed E-state index contributed by atoms with van der Waals surface area (Å²) in [6.45, 7) is 3.95. The summed E-state index contributed by atoms with van der Waals surface area (Å²) in [5.74, 6) is -0.00991. The molecular weight excluding hydrogens is 218 g/mol. The van der Waals surface area contributed by atoms with Gasteiger partial charge in [-0.15, -0.1) is 0 Å². The highest BCUT2D eigenvalue weighted by Crippen LogP contribution is 2.38. The van der Waals surface area contributed by atoms with Gasteiger partial charge >= 0.3 is 0 Å². The van der Waals surface area contributed by atoms with Crippen LogP contribution in [-0.4, -0.2) is 35.9 Å². The summed E-state index contributed by atoms with van der Waals surface area (Å²) in [6, 6.07) is 0. The molecule has 0 atom stereocenters. The number of nitrogens with one attached hydrogen (secondary N) is 1. The molecule has 1 fully saturated rings. The molecule has 1 saturated carbocycles. The van der Waals surface area contributed by atoms with E-state index in [2.05, 4.69) is 5.32 Å². The van der Waals surface area contributed by atoms with E-state index in [1.807, 2.05) is 13.8 Å². The molecule has 1 aliphatic rings. The summed E-state index contributed by atoms with van der Waals surface area (Å²) in [5, 5.41) is 12.4. The quantitative estimate of drug-likeness (QED) is 0.714. The predicted octanol–water partition coefficient (Wildman–Crippen LogP) is 1.61. The summed E-state index contributed by atoms with van der Waals surface area (Å²) < 4.78 is 5.44. The number of hydrogen-bond acceptors (Lipinski definition) is 3. The van der Waals surface area contributed by atoms with Crippen LogP contribution in [0.4, 0.5) is 0 Å². The van der Waals surface area contributed by atoms with Crippen LogP contribution in [0.5, 0.6) is 0 Å². The van der Waals surface area contributed by atoms with Gasteiger partial charge < -0.3 is 15.2 Å². The zero-order valence-corrected chi connectivity index (χ0v) is 11.2. The van der Waals surface area contributed by atoms with Crippen LogP contribution in [0.3, 0.4) is 0 Å². The van der Waals surface area contributed by atoms with Gasteiger partial charge in [0.25, 0.3) is 0 Å². The summed E-state index contributed by atoms with van der Waals surface area (Å²) in [6.07, 6.45) is 4.94. The Kier molecular flexibility index (Phi) is 4.95. The van der Waals surface area contributed by atoms with Crippen LogP contribution in [-0.2, 0) is 9.53 Å². The van der Waals surface area contributed by atoms with Gasteiger partial charge in [-0.3, -0.25) is 4.79 Å². The van der Waals surface area contributed by atoms with Gasteiger partial charge in [-0.25, -0.2) is 0 Å². The number of aliphatic hydroxyl groups is 1. The number of carbonyl (C=O) groups is 1. The van der Waals surface area contributed by atoms with Crippen molar-refractivity contribution in [2.24, 2.45) is 0 Å². The maximum atomic E-state index is 12.0. The number of ether oxygens (including phenoxy) is 1. The Balaban J connectivity index is 2.53. The molecular formula is C13H25NO3. The standard InChI is InChI=1S/C13H25NO3/c1-4-12(5-2,10-15)14-11(16)9-13(17-3)7-6-8-13/h15H,4-10H2,1-3H3,(H,14,16). The van der Waals surface area contributed by atoms with Gasteiger partial charge in [0.2, 0.25) is 5.91 Å². The highest BCUT2D eigenvalue weighted by Gasteiger charge is 2.40. The van der Waals surface area contributed by atoms with Gasteiger partial charge in [0.05, 0.1) is 24.2 Å². The number of hydrogen-bond donors (Lipinski definition) is 2. The highest BCUT2D eigenvalue weighted by molar-refractivity contribution is 5.78. The molecule has 0 radical (unpaired) electrons. The predicted molar refractivity (Wildman–Crippen MR) is 66.7 cm³/mol. The van der Waals surface area contributed by atoms with Crippen molar-refractivity contribution >= 4 is 5.91 Å². The third kappa shape index (κ3) is 3.19. The number of methoxy groups -OCH3 is 1. The fourth-order valence-electron chi connectivity index (χ4n) is 2.35. The summed E-state index contributed by atoms with van der Waals surface area (Å²) in [7, 11) is 1.67. The summed E-state index contributed by atoms with van der Waals surface area (Å²) >= 11 is 0. The molecule has 0 aromatic rings. The molecule has 0 aromatic heterocycles. The Morgan fingerprint density at radius 3 is 2.29 bits per heavy atom. The van der Waals surface area contributed by atoms with Crippen molar-refractivity contribution < 1.29 is 14.6 Å². The monoisotopic (exact) mass is 243 g/mol. The van der Waals surface area contributed by atoms with Crippen LogP contribution in [0.15, 0.2) is 0 Å². The lowest BCUT2D eigenvalue weighted by Crippen LogP contribution is -2.53. The van der Waals surface area contributed by atoms with E-state index in [0.717, 1.165) is 32.1 Å². The van der Waals surface area contributed by atoms with Crippen LogP contribution >= 0.6 is 0 Å². The first-order valence-electron chi connectivity index (χ1n) is 6.52. The minimum absolute atomic E-state index is 0.00821. The number of aliphatic hydroxyl groups excluding tert-OH is 1. The van der Waals surface area contributed by atoms with Gasteiger partial charge in [0.1, 0.15) is 0 Å².